The summed E-state index contributed by atoms with van der Waals surface area (Å²) in [5.74, 6) is 0. The number of fused-ring (bicyclic) bond motifs is 1. The molecule has 3 heteroatoms. The van der Waals surface area contributed by atoms with Crippen LogP contribution in [0, 0.1) is 25.2 Å². The molecule has 19 heavy (non-hydrogen) atoms. The van der Waals surface area contributed by atoms with Crippen LogP contribution in [0.2, 0.25) is 0 Å². The van der Waals surface area contributed by atoms with Crippen molar-refractivity contribution >= 4 is 16.6 Å². The van der Waals surface area contributed by atoms with Crippen molar-refractivity contribution in [3.8, 4) is 6.07 Å². The number of pyridine rings is 1. The quantitative estimate of drug-likeness (QED) is 0.842. The summed E-state index contributed by atoms with van der Waals surface area (Å²) in [5, 5.41) is 9.99. The lowest BCUT2D eigenvalue weighted by molar-refractivity contribution is 0.960. The Labute approximate surface area is 114 Å². The number of anilines is 1. The van der Waals surface area contributed by atoms with E-state index in [0.29, 0.717) is 6.42 Å². The molecule has 1 heterocycles. The third kappa shape index (κ3) is 2.39. The average molecular weight is 253 g/mol. The van der Waals surface area contributed by atoms with Crippen LogP contribution in [0.15, 0.2) is 18.2 Å². The Bertz CT molecular complexity index is 651. The first kappa shape index (κ1) is 13.4. The molecule has 0 fully saturated rings. The molecule has 0 unspecified atom stereocenters. The van der Waals surface area contributed by atoms with Crippen molar-refractivity contribution in [2.75, 3.05) is 19.0 Å². The number of para-hydroxylation sites is 1. The fourth-order valence-electron chi connectivity index (χ4n) is 2.56. The summed E-state index contributed by atoms with van der Waals surface area (Å²) in [4.78, 5) is 6.86. The summed E-state index contributed by atoms with van der Waals surface area (Å²) < 4.78 is 0. The predicted molar refractivity (Wildman–Crippen MR) is 79.5 cm³/mol. The van der Waals surface area contributed by atoms with Crippen LogP contribution in [0.5, 0.6) is 0 Å². The molecule has 1 aromatic heterocycles. The van der Waals surface area contributed by atoms with E-state index in [1.807, 2.05) is 21.0 Å². The van der Waals surface area contributed by atoms with E-state index in [-0.39, 0.29) is 0 Å². The van der Waals surface area contributed by atoms with Gasteiger partial charge >= 0.3 is 0 Å². The van der Waals surface area contributed by atoms with Crippen molar-refractivity contribution < 1.29 is 0 Å². The number of aryl methyl sites for hydroxylation is 2. The second-order valence-electron chi connectivity index (χ2n) is 5.05. The van der Waals surface area contributed by atoms with Gasteiger partial charge in [0.15, 0.2) is 0 Å². The molecule has 3 nitrogen and oxygen atoms in total. The highest BCUT2D eigenvalue weighted by Crippen LogP contribution is 2.32. The lowest BCUT2D eigenvalue weighted by Crippen LogP contribution is -2.14. The summed E-state index contributed by atoms with van der Waals surface area (Å²) in [6.45, 7) is 4.12. The van der Waals surface area contributed by atoms with Gasteiger partial charge in [0.05, 0.1) is 17.3 Å². The average Bonchev–Trinajstić information content (AvgIpc) is 2.36. The van der Waals surface area contributed by atoms with Crippen LogP contribution in [0.1, 0.15) is 23.2 Å². The van der Waals surface area contributed by atoms with Crippen LogP contribution in [-0.4, -0.2) is 19.1 Å². The van der Waals surface area contributed by atoms with Gasteiger partial charge in [0.2, 0.25) is 0 Å². The van der Waals surface area contributed by atoms with Gasteiger partial charge in [0, 0.05) is 31.6 Å². The Balaban J connectivity index is 2.78. The van der Waals surface area contributed by atoms with Crippen molar-refractivity contribution in [3.63, 3.8) is 0 Å². The molecule has 98 valence electrons. The highest BCUT2D eigenvalue weighted by atomic mass is 15.1. The normalized spacial score (nSPS) is 10.5. The lowest BCUT2D eigenvalue weighted by atomic mass is 10.00. The number of hydrogen-bond acceptors (Lipinski definition) is 3. The van der Waals surface area contributed by atoms with Crippen LogP contribution in [-0.2, 0) is 6.42 Å². The van der Waals surface area contributed by atoms with Crippen molar-refractivity contribution in [3.05, 3.63) is 35.0 Å². The van der Waals surface area contributed by atoms with E-state index in [4.69, 9.17) is 10.2 Å². The molecule has 0 amide bonds. The largest absolute Gasteiger partial charge is 0.377 e. The molecule has 0 N–H and O–H groups in total. The van der Waals surface area contributed by atoms with E-state index in [2.05, 4.69) is 36.1 Å². The zero-order valence-corrected chi connectivity index (χ0v) is 12.0. The number of rotatable bonds is 3. The Kier molecular flexibility index (Phi) is 3.71. The molecule has 0 aliphatic carbocycles. The summed E-state index contributed by atoms with van der Waals surface area (Å²) in [7, 11) is 4.10. The van der Waals surface area contributed by atoms with Crippen molar-refractivity contribution in [1.82, 2.24) is 4.98 Å². The standard InChI is InChI=1S/C16H19N3/c1-11-7-5-8-14-15(11)18-12(2)13(9-6-10-17)16(14)19(3)4/h5,7-8H,6,9H2,1-4H3. The summed E-state index contributed by atoms with van der Waals surface area (Å²) in [6, 6.07) is 8.49. The van der Waals surface area contributed by atoms with Gasteiger partial charge in [-0.1, -0.05) is 18.2 Å². The minimum absolute atomic E-state index is 0.528. The maximum atomic E-state index is 8.82. The molecule has 1 aromatic carbocycles. The molecule has 0 saturated heterocycles. The Morgan fingerprint density at radius 3 is 2.63 bits per heavy atom. The predicted octanol–water partition coefficient (Wildman–Crippen LogP) is 3.37. The molecule has 0 aliphatic heterocycles. The van der Waals surface area contributed by atoms with Gasteiger partial charge in [-0.3, -0.25) is 4.98 Å². The van der Waals surface area contributed by atoms with Crippen molar-refractivity contribution in [2.45, 2.75) is 26.7 Å². The van der Waals surface area contributed by atoms with Crippen LogP contribution in [0.3, 0.4) is 0 Å². The Hall–Kier alpha value is -2.08. The van der Waals surface area contributed by atoms with Crippen LogP contribution >= 0.6 is 0 Å². The van der Waals surface area contributed by atoms with E-state index in [1.165, 1.54) is 22.2 Å². The zero-order chi connectivity index (χ0) is 14.0. The minimum atomic E-state index is 0.528. The number of nitriles is 1. The topological polar surface area (TPSA) is 39.9 Å². The number of hydrogen-bond donors (Lipinski definition) is 0. The molecule has 0 atom stereocenters. The highest BCUT2D eigenvalue weighted by Gasteiger charge is 2.14. The molecule has 0 bridgehead atoms. The van der Waals surface area contributed by atoms with Crippen LogP contribution in [0.4, 0.5) is 5.69 Å². The smallest absolute Gasteiger partial charge is 0.0755 e. The van der Waals surface area contributed by atoms with Gasteiger partial charge in [-0.15, -0.1) is 0 Å². The monoisotopic (exact) mass is 253 g/mol. The Morgan fingerprint density at radius 1 is 1.26 bits per heavy atom. The van der Waals surface area contributed by atoms with Gasteiger partial charge in [-0.25, -0.2) is 0 Å². The third-order valence-corrected chi connectivity index (χ3v) is 3.43. The van der Waals surface area contributed by atoms with Crippen LogP contribution in [0.25, 0.3) is 10.9 Å². The van der Waals surface area contributed by atoms with E-state index < -0.39 is 0 Å². The van der Waals surface area contributed by atoms with Gasteiger partial charge in [-0.2, -0.15) is 5.26 Å². The second-order valence-corrected chi connectivity index (χ2v) is 5.05. The fraction of sp³-hybridized carbons (Fsp3) is 0.375. The molecule has 0 aliphatic rings. The summed E-state index contributed by atoms with van der Waals surface area (Å²) in [6.07, 6.45) is 1.29. The molecule has 0 radical (unpaired) electrons. The fourth-order valence-corrected chi connectivity index (χ4v) is 2.56. The third-order valence-electron chi connectivity index (χ3n) is 3.43. The first-order valence-corrected chi connectivity index (χ1v) is 6.49. The Morgan fingerprint density at radius 2 is 2.00 bits per heavy atom. The minimum Gasteiger partial charge on any atom is -0.377 e. The van der Waals surface area contributed by atoms with E-state index >= 15 is 0 Å². The first-order valence-electron chi connectivity index (χ1n) is 6.49. The highest BCUT2D eigenvalue weighted by molar-refractivity contribution is 5.95. The van der Waals surface area contributed by atoms with Crippen molar-refractivity contribution in [1.29, 1.82) is 5.26 Å². The second kappa shape index (κ2) is 5.27. The molecule has 0 saturated carbocycles. The number of nitrogens with zero attached hydrogens (tertiary/aromatic N) is 3. The summed E-state index contributed by atoms with van der Waals surface area (Å²) >= 11 is 0. The van der Waals surface area contributed by atoms with Gasteiger partial charge < -0.3 is 4.90 Å². The molecule has 2 aromatic rings. The van der Waals surface area contributed by atoms with Crippen LogP contribution < -0.4 is 4.90 Å². The number of benzene rings is 1. The molecule has 0 spiro atoms. The van der Waals surface area contributed by atoms with E-state index in [1.54, 1.807) is 0 Å². The molecule has 2 rings (SSSR count). The van der Waals surface area contributed by atoms with E-state index in [9.17, 15) is 0 Å². The van der Waals surface area contributed by atoms with E-state index in [0.717, 1.165) is 17.6 Å². The zero-order valence-electron chi connectivity index (χ0n) is 12.0. The number of aromatic nitrogens is 1. The molecular weight excluding hydrogens is 234 g/mol. The van der Waals surface area contributed by atoms with Gasteiger partial charge in [0.1, 0.15) is 0 Å². The lowest BCUT2D eigenvalue weighted by Gasteiger charge is -2.21. The van der Waals surface area contributed by atoms with Crippen molar-refractivity contribution in [2.24, 2.45) is 0 Å². The molecular formula is C16H19N3. The maximum absolute atomic E-state index is 8.82. The SMILES string of the molecule is Cc1nc2c(C)cccc2c(N(C)C)c1CCC#N. The van der Waals surface area contributed by atoms with Gasteiger partial charge in [-0.05, 0) is 31.4 Å². The van der Waals surface area contributed by atoms with Gasteiger partial charge in [0.25, 0.3) is 0 Å². The summed E-state index contributed by atoms with van der Waals surface area (Å²) in [5.41, 5.74) is 5.66. The maximum Gasteiger partial charge on any atom is 0.0755 e. The first-order chi connectivity index (χ1) is 9.06.